The zero-order valence-corrected chi connectivity index (χ0v) is 10.5. The third-order valence-corrected chi connectivity index (χ3v) is 2.74. The fourth-order valence-electron chi connectivity index (χ4n) is 1.47. The zero-order valence-electron chi connectivity index (χ0n) is 9.77. The maximum absolute atomic E-state index is 11.9. The van der Waals surface area contributed by atoms with Crippen molar-refractivity contribution in [3.05, 3.63) is 52.8 Å². The molecule has 0 fully saturated rings. The molecule has 0 radical (unpaired) electrons. The quantitative estimate of drug-likeness (QED) is 0.645. The van der Waals surface area contributed by atoms with Crippen molar-refractivity contribution < 1.29 is 4.79 Å². The lowest BCUT2D eigenvalue weighted by Crippen LogP contribution is -2.12. The molecule has 3 N–H and O–H groups in total. The first-order valence-electron chi connectivity index (χ1n) is 5.35. The number of benzene rings is 1. The number of anilines is 2. The van der Waals surface area contributed by atoms with Gasteiger partial charge in [-0.15, -0.1) is 0 Å². The van der Waals surface area contributed by atoms with Gasteiger partial charge >= 0.3 is 0 Å². The molecule has 1 amide bonds. The highest BCUT2D eigenvalue weighted by Gasteiger charge is 2.07. The Hall–Kier alpha value is -2.07. The number of carbonyl (C=O) groups excluding carboxylic acids is 1. The first kappa shape index (κ1) is 12.4. The number of aryl methyl sites for hydroxylation is 1. The van der Waals surface area contributed by atoms with Crippen LogP contribution in [-0.4, -0.2) is 10.9 Å². The van der Waals surface area contributed by atoms with Crippen molar-refractivity contribution in [2.24, 2.45) is 0 Å². The van der Waals surface area contributed by atoms with Gasteiger partial charge in [0.15, 0.2) is 0 Å². The fraction of sp³-hybridized carbons (Fsp3) is 0.0769. The summed E-state index contributed by atoms with van der Waals surface area (Å²) in [6, 6.07) is 8.45. The number of halogens is 1. The monoisotopic (exact) mass is 261 g/mol. The van der Waals surface area contributed by atoms with E-state index >= 15 is 0 Å². The molecule has 4 nitrogen and oxygen atoms in total. The van der Waals surface area contributed by atoms with Crippen LogP contribution in [0.25, 0.3) is 0 Å². The van der Waals surface area contributed by atoms with E-state index in [1.807, 2.05) is 6.92 Å². The molecule has 0 spiro atoms. The van der Waals surface area contributed by atoms with Gasteiger partial charge in [-0.2, -0.15) is 0 Å². The van der Waals surface area contributed by atoms with Gasteiger partial charge in [0.05, 0.1) is 11.9 Å². The third-order valence-electron chi connectivity index (χ3n) is 2.52. The van der Waals surface area contributed by atoms with E-state index in [-0.39, 0.29) is 5.91 Å². The summed E-state index contributed by atoms with van der Waals surface area (Å²) < 4.78 is 0. The minimum atomic E-state index is -0.206. The molecule has 18 heavy (non-hydrogen) atoms. The summed E-state index contributed by atoms with van der Waals surface area (Å²) in [7, 11) is 0. The summed E-state index contributed by atoms with van der Waals surface area (Å²) in [6.45, 7) is 1.86. The number of nitrogen functional groups attached to an aromatic ring is 1. The molecular formula is C13H12ClN3O. The van der Waals surface area contributed by atoms with Crippen LogP contribution < -0.4 is 11.1 Å². The van der Waals surface area contributed by atoms with E-state index in [9.17, 15) is 4.79 Å². The van der Waals surface area contributed by atoms with Crippen LogP contribution >= 0.6 is 11.6 Å². The number of nitrogens with zero attached hydrogens (tertiary/aromatic N) is 1. The highest BCUT2D eigenvalue weighted by atomic mass is 35.5. The average molecular weight is 262 g/mol. The van der Waals surface area contributed by atoms with E-state index in [4.69, 9.17) is 17.3 Å². The molecule has 1 aromatic carbocycles. The van der Waals surface area contributed by atoms with Gasteiger partial charge in [-0.05, 0) is 42.8 Å². The number of amides is 1. The van der Waals surface area contributed by atoms with Gasteiger partial charge in [0.2, 0.25) is 0 Å². The van der Waals surface area contributed by atoms with Crippen LogP contribution in [0.3, 0.4) is 0 Å². The Morgan fingerprint density at radius 1 is 1.33 bits per heavy atom. The molecule has 2 aromatic rings. The first-order chi connectivity index (χ1) is 8.56. The van der Waals surface area contributed by atoms with Gasteiger partial charge in [-0.25, -0.2) is 4.98 Å². The van der Waals surface area contributed by atoms with Crippen LogP contribution in [0, 0.1) is 6.92 Å². The van der Waals surface area contributed by atoms with Gasteiger partial charge in [0, 0.05) is 11.3 Å². The Balaban J connectivity index is 2.16. The number of hydrogen-bond acceptors (Lipinski definition) is 3. The molecule has 0 aliphatic heterocycles. The molecule has 1 heterocycles. The van der Waals surface area contributed by atoms with Gasteiger partial charge in [0.1, 0.15) is 5.15 Å². The molecule has 92 valence electrons. The fourth-order valence-corrected chi connectivity index (χ4v) is 1.58. The van der Waals surface area contributed by atoms with Gasteiger partial charge < -0.3 is 11.1 Å². The summed E-state index contributed by atoms with van der Waals surface area (Å²) >= 11 is 5.67. The van der Waals surface area contributed by atoms with E-state index < -0.39 is 0 Å². The van der Waals surface area contributed by atoms with Gasteiger partial charge in [-0.1, -0.05) is 11.6 Å². The molecule has 0 saturated carbocycles. The number of nitrogens with two attached hydrogens (primary N) is 1. The third kappa shape index (κ3) is 2.78. The maximum atomic E-state index is 11.9. The zero-order chi connectivity index (χ0) is 13.1. The normalized spacial score (nSPS) is 10.1. The Kier molecular flexibility index (Phi) is 3.48. The van der Waals surface area contributed by atoms with E-state index in [0.717, 1.165) is 5.56 Å². The van der Waals surface area contributed by atoms with Crippen molar-refractivity contribution >= 4 is 28.9 Å². The lowest BCUT2D eigenvalue weighted by atomic mass is 10.1. The minimum Gasteiger partial charge on any atom is -0.399 e. The SMILES string of the molecule is Cc1cc(C(=O)Nc2ccc(Cl)nc2)ccc1N. The van der Waals surface area contributed by atoms with Crippen LogP contribution in [0.1, 0.15) is 15.9 Å². The highest BCUT2D eigenvalue weighted by molar-refractivity contribution is 6.29. The second-order valence-electron chi connectivity index (χ2n) is 3.90. The van der Waals surface area contributed by atoms with E-state index in [1.54, 1.807) is 30.3 Å². The van der Waals surface area contributed by atoms with Crippen molar-refractivity contribution in [3.8, 4) is 0 Å². The standard InChI is InChI=1S/C13H12ClN3O/c1-8-6-9(2-4-11(8)15)13(18)17-10-3-5-12(14)16-7-10/h2-7H,15H2,1H3,(H,17,18). The van der Waals surface area contributed by atoms with Gasteiger partial charge in [0.25, 0.3) is 5.91 Å². The number of hydrogen-bond donors (Lipinski definition) is 2. The van der Waals surface area contributed by atoms with E-state index in [1.165, 1.54) is 6.20 Å². The van der Waals surface area contributed by atoms with Crippen molar-refractivity contribution in [3.63, 3.8) is 0 Å². The molecule has 2 rings (SSSR count). The van der Waals surface area contributed by atoms with E-state index in [2.05, 4.69) is 10.3 Å². The molecule has 0 aliphatic carbocycles. The van der Waals surface area contributed by atoms with Crippen LogP contribution in [-0.2, 0) is 0 Å². The molecular weight excluding hydrogens is 250 g/mol. The number of rotatable bonds is 2. The predicted octanol–water partition coefficient (Wildman–Crippen LogP) is 2.88. The number of carbonyl (C=O) groups is 1. The van der Waals surface area contributed by atoms with Crippen molar-refractivity contribution in [1.29, 1.82) is 0 Å². The summed E-state index contributed by atoms with van der Waals surface area (Å²) in [4.78, 5) is 15.8. The second-order valence-corrected chi connectivity index (χ2v) is 4.28. The van der Waals surface area contributed by atoms with Crippen molar-refractivity contribution in [2.45, 2.75) is 6.92 Å². The molecule has 1 aromatic heterocycles. The van der Waals surface area contributed by atoms with Crippen LogP contribution in [0.15, 0.2) is 36.5 Å². The highest BCUT2D eigenvalue weighted by Crippen LogP contribution is 2.15. The average Bonchev–Trinajstić information content (AvgIpc) is 2.35. The second kappa shape index (κ2) is 5.06. The van der Waals surface area contributed by atoms with Crippen LogP contribution in [0.2, 0.25) is 5.15 Å². The smallest absolute Gasteiger partial charge is 0.255 e. The Bertz CT molecular complexity index is 581. The van der Waals surface area contributed by atoms with Crippen molar-refractivity contribution in [1.82, 2.24) is 4.98 Å². The largest absolute Gasteiger partial charge is 0.399 e. The summed E-state index contributed by atoms with van der Waals surface area (Å²) in [5.41, 5.74) is 8.39. The van der Waals surface area contributed by atoms with Crippen LogP contribution in [0.5, 0.6) is 0 Å². The lowest BCUT2D eigenvalue weighted by Gasteiger charge is -2.06. The molecule has 0 saturated heterocycles. The Labute approximate surface area is 110 Å². The van der Waals surface area contributed by atoms with E-state index in [0.29, 0.717) is 22.1 Å². The molecule has 0 bridgehead atoms. The topological polar surface area (TPSA) is 68.0 Å². The summed E-state index contributed by atoms with van der Waals surface area (Å²) in [5.74, 6) is -0.206. The summed E-state index contributed by atoms with van der Waals surface area (Å²) in [6.07, 6.45) is 1.50. The lowest BCUT2D eigenvalue weighted by molar-refractivity contribution is 0.102. The Morgan fingerprint density at radius 2 is 2.11 bits per heavy atom. The van der Waals surface area contributed by atoms with Crippen molar-refractivity contribution in [2.75, 3.05) is 11.1 Å². The molecule has 0 atom stereocenters. The first-order valence-corrected chi connectivity index (χ1v) is 5.73. The van der Waals surface area contributed by atoms with Crippen LogP contribution in [0.4, 0.5) is 11.4 Å². The number of aromatic nitrogens is 1. The Morgan fingerprint density at radius 3 is 2.72 bits per heavy atom. The maximum Gasteiger partial charge on any atom is 0.255 e. The minimum absolute atomic E-state index is 0.206. The predicted molar refractivity (Wildman–Crippen MR) is 72.8 cm³/mol. The number of nitrogens with one attached hydrogen (secondary N) is 1. The number of pyridine rings is 1. The summed E-state index contributed by atoms with van der Waals surface area (Å²) in [5, 5.41) is 3.12. The molecule has 0 unspecified atom stereocenters. The van der Waals surface area contributed by atoms with Gasteiger partial charge in [-0.3, -0.25) is 4.79 Å². The molecule has 5 heteroatoms. The molecule has 0 aliphatic rings.